The van der Waals surface area contributed by atoms with Crippen LogP contribution in [0.3, 0.4) is 0 Å². The molecule has 0 spiro atoms. The summed E-state index contributed by atoms with van der Waals surface area (Å²) >= 11 is 0. The lowest BCUT2D eigenvalue weighted by molar-refractivity contribution is -0.141. The molecular weight excluding hydrogens is 635 g/mol. The van der Waals surface area contributed by atoms with E-state index < -0.39 is 29.4 Å². The highest BCUT2D eigenvalue weighted by Crippen LogP contribution is 2.38. The number of nitrogens with zero attached hydrogens (tertiary/aromatic N) is 3. The van der Waals surface area contributed by atoms with E-state index in [0.29, 0.717) is 17.5 Å². The summed E-state index contributed by atoms with van der Waals surface area (Å²) in [4.78, 5) is 22.2. The second kappa shape index (κ2) is 15.2. The first-order valence-corrected chi connectivity index (χ1v) is 17.8. The number of nitrogens with two attached hydrogens (primary N) is 1. The Morgan fingerprint density at radius 1 is 0.780 bits per heavy atom. The van der Waals surface area contributed by atoms with Gasteiger partial charge in [0.1, 0.15) is 5.69 Å². The van der Waals surface area contributed by atoms with Gasteiger partial charge >= 0.3 is 6.18 Å². The van der Waals surface area contributed by atoms with Crippen LogP contribution in [0, 0.1) is 0 Å². The van der Waals surface area contributed by atoms with Crippen molar-refractivity contribution in [2.45, 2.75) is 109 Å². The van der Waals surface area contributed by atoms with Crippen LogP contribution in [-0.4, -0.2) is 56.9 Å². The Morgan fingerprint density at radius 2 is 1.28 bits per heavy atom. The molecule has 6 rings (SSSR count). The number of amides is 1. The number of halogens is 3. The van der Waals surface area contributed by atoms with Crippen LogP contribution in [0.5, 0.6) is 0 Å². The Morgan fingerprint density at radius 3 is 1.80 bits per heavy atom. The molecule has 4 aromatic rings. The van der Waals surface area contributed by atoms with Gasteiger partial charge in [-0.1, -0.05) is 78.9 Å². The van der Waals surface area contributed by atoms with Gasteiger partial charge < -0.3 is 11.1 Å². The maximum Gasteiger partial charge on any atom is 0.433 e. The van der Waals surface area contributed by atoms with Crippen molar-refractivity contribution in [2.24, 2.45) is 5.73 Å². The minimum atomic E-state index is -4.65. The first kappa shape index (κ1) is 37.5. The fourth-order valence-electron chi connectivity index (χ4n) is 8.02. The third-order valence-electron chi connectivity index (χ3n) is 10.9. The number of para-hydroxylation sites is 1. The van der Waals surface area contributed by atoms with Gasteiger partial charge in [-0.05, 0) is 104 Å². The number of carbonyl (C=O) groups is 1. The molecule has 3 N–H and O–H groups in total. The number of alkyl halides is 3. The minimum absolute atomic E-state index is 0.0251. The average molecular weight is 688 g/mol. The first-order chi connectivity index (χ1) is 23.6. The Labute approximate surface area is 295 Å². The summed E-state index contributed by atoms with van der Waals surface area (Å²) in [5.41, 5.74) is 7.22. The second-order valence-corrected chi connectivity index (χ2v) is 15.0. The van der Waals surface area contributed by atoms with Crippen LogP contribution in [0.15, 0.2) is 91.0 Å². The molecule has 0 radical (unpaired) electrons. The molecule has 6 nitrogen and oxygen atoms in total. The Hall–Kier alpha value is -3.79. The van der Waals surface area contributed by atoms with Crippen LogP contribution in [0.1, 0.15) is 106 Å². The summed E-state index contributed by atoms with van der Waals surface area (Å²) in [5.74, 6) is -0.548. The van der Waals surface area contributed by atoms with Gasteiger partial charge in [-0.2, -0.15) is 13.2 Å². The van der Waals surface area contributed by atoms with Crippen molar-refractivity contribution < 1.29 is 18.0 Å². The highest BCUT2D eigenvalue weighted by molar-refractivity contribution is 6.06. The first-order valence-electron chi connectivity index (χ1n) is 17.8. The summed E-state index contributed by atoms with van der Waals surface area (Å²) in [6, 6.07) is 28.0. The monoisotopic (exact) mass is 687 g/mol. The molecule has 1 aromatic heterocycles. The van der Waals surface area contributed by atoms with Gasteiger partial charge in [0.2, 0.25) is 0 Å². The molecule has 4 unspecified atom stereocenters. The molecule has 3 heterocycles. The Balaban J connectivity index is 0.000000240. The van der Waals surface area contributed by atoms with Crippen LogP contribution < -0.4 is 11.1 Å². The summed E-state index contributed by atoms with van der Waals surface area (Å²) in [6.07, 6.45) is 0.0893. The molecule has 1 amide bonds. The lowest BCUT2D eigenvalue weighted by Gasteiger charge is -2.45. The van der Waals surface area contributed by atoms with E-state index in [4.69, 9.17) is 5.73 Å². The molecule has 3 aromatic carbocycles. The Bertz CT molecular complexity index is 1730. The molecular formula is C41H52F3N5O. The van der Waals surface area contributed by atoms with E-state index in [-0.39, 0.29) is 22.7 Å². The number of pyridine rings is 1. The maximum absolute atomic E-state index is 13.5. The zero-order chi connectivity index (χ0) is 36.3. The van der Waals surface area contributed by atoms with Crippen LogP contribution in [0.4, 0.5) is 13.2 Å². The van der Waals surface area contributed by atoms with Gasteiger partial charge in [0.15, 0.2) is 0 Å². The van der Waals surface area contributed by atoms with Crippen molar-refractivity contribution in [3.8, 4) is 0 Å². The summed E-state index contributed by atoms with van der Waals surface area (Å²) in [6.45, 7) is 15.3. The Kier molecular flexibility index (Phi) is 11.4. The minimum Gasteiger partial charge on any atom is -0.343 e. The summed E-state index contributed by atoms with van der Waals surface area (Å²) in [7, 11) is 0. The molecule has 0 bridgehead atoms. The van der Waals surface area contributed by atoms with Gasteiger partial charge in [0.05, 0.1) is 17.1 Å². The lowest BCUT2D eigenvalue weighted by atomic mass is 9.86. The lowest BCUT2D eigenvalue weighted by Crippen LogP contribution is -2.54. The largest absolute Gasteiger partial charge is 0.433 e. The molecule has 4 atom stereocenters. The topological polar surface area (TPSA) is 74.5 Å². The van der Waals surface area contributed by atoms with Crippen molar-refractivity contribution in [1.82, 2.24) is 20.1 Å². The number of benzene rings is 3. The van der Waals surface area contributed by atoms with Crippen molar-refractivity contribution in [3.05, 3.63) is 113 Å². The van der Waals surface area contributed by atoms with Crippen molar-refractivity contribution in [3.63, 3.8) is 0 Å². The third kappa shape index (κ3) is 8.06. The average Bonchev–Trinajstić information content (AvgIpc) is 3.75. The van der Waals surface area contributed by atoms with Crippen molar-refractivity contribution in [2.75, 3.05) is 13.1 Å². The molecule has 50 heavy (non-hydrogen) atoms. The number of rotatable bonds is 8. The predicted octanol–water partition coefficient (Wildman–Crippen LogP) is 8.94. The number of aromatic nitrogens is 1. The summed E-state index contributed by atoms with van der Waals surface area (Å²) < 4.78 is 40.6. The molecule has 0 saturated carbocycles. The zero-order valence-corrected chi connectivity index (χ0v) is 30.2. The highest BCUT2D eigenvalue weighted by atomic mass is 19.4. The molecule has 9 heteroatoms. The third-order valence-corrected chi connectivity index (χ3v) is 10.9. The maximum atomic E-state index is 13.5. The van der Waals surface area contributed by atoms with E-state index in [0.717, 1.165) is 31.0 Å². The van der Waals surface area contributed by atoms with Crippen LogP contribution in [0.2, 0.25) is 0 Å². The normalized spacial score (nSPS) is 20.3. The van der Waals surface area contributed by atoms with E-state index in [2.05, 4.69) is 85.9 Å². The van der Waals surface area contributed by atoms with E-state index in [1.807, 2.05) is 36.4 Å². The van der Waals surface area contributed by atoms with E-state index >= 15 is 0 Å². The molecule has 2 aliphatic heterocycles. The number of fused-ring (bicyclic) bond motifs is 1. The molecule has 268 valence electrons. The van der Waals surface area contributed by atoms with E-state index in [1.54, 1.807) is 18.2 Å². The fourth-order valence-corrected chi connectivity index (χ4v) is 8.02. The fraction of sp³-hybridized carbons (Fsp3) is 0.463. The molecule has 2 aliphatic rings. The zero-order valence-electron chi connectivity index (χ0n) is 30.2. The van der Waals surface area contributed by atoms with Crippen LogP contribution in [-0.2, 0) is 6.18 Å². The SMILES string of the molecule is CC1CCCN1C(C)(C)C(N)c1ccccc1.CC1CCCN1C(C)(C)C(NC(=O)c1cc(C(F)(F)F)nc2ccccc12)c1ccccc1. The number of likely N-dealkylation sites (tertiary alicyclic amines) is 2. The van der Waals surface area contributed by atoms with Crippen molar-refractivity contribution in [1.29, 1.82) is 0 Å². The number of carbonyl (C=O) groups excluding carboxylic acids is 1. The van der Waals surface area contributed by atoms with Gasteiger partial charge in [-0.25, -0.2) is 4.98 Å². The van der Waals surface area contributed by atoms with E-state index in [9.17, 15) is 18.0 Å². The van der Waals surface area contributed by atoms with Gasteiger partial charge in [-0.15, -0.1) is 0 Å². The smallest absolute Gasteiger partial charge is 0.343 e. The van der Waals surface area contributed by atoms with Crippen LogP contribution >= 0.6 is 0 Å². The number of hydrogen-bond donors (Lipinski definition) is 2. The molecule has 2 saturated heterocycles. The number of hydrogen-bond acceptors (Lipinski definition) is 5. The highest BCUT2D eigenvalue weighted by Gasteiger charge is 2.42. The van der Waals surface area contributed by atoms with Gasteiger partial charge in [-0.3, -0.25) is 14.6 Å². The van der Waals surface area contributed by atoms with Crippen molar-refractivity contribution >= 4 is 16.8 Å². The predicted molar refractivity (Wildman–Crippen MR) is 196 cm³/mol. The quantitative estimate of drug-likeness (QED) is 0.194. The van der Waals surface area contributed by atoms with Gasteiger partial charge in [0.25, 0.3) is 5.91 Å². The molecule has 2 fully saturated rings. The van der Waals surface area contributed by atoms with Gasteiger partial charge in [0, 0.05) is 34.6 Å². The standard InChI is InChI=1S/C26H28F3N3O.C15H24N2/c1-17-10-9-15-32(17)25(2,3)23(18-11-5-4-6-12-18)31-24(33)20-16-22(26(27,28)29)30-21-14-8-7-13-19(20)21;1-12-8-7-11-17(12)15(2,3)14(16)13-9-5-4-6-10-13/h4-8,11-14,16-17,23H,9-10,15H2,1-3H3,(H,31,33);4-6,9-10,12,14H,7-8,11,16H2,1-3H3. The second-order valence-electron chi connectivity index (χ2n) is 15.0. The van der Waals surface area contributed by atoms with E-state index in [1.165, 1.54) is 31.0 Å². The molecule has 0 aliphatic carbocycles. The van der Waals surface area contributed by atoms with Crippen LogP contribution in [0.25, 0.3) is 10.9 Å². The number of nitrogens with one attached hydrogen (secondary N) is 1. The summed E-state index contributed by atoms with van der Waals surface area (Å²) in [5, 5.41) is 3.47.